The maximum Gasteiger partial charge on any atom is 0.239 e. The summed E-state index contributed by atoms with van der Waals surface area (Å²) in [6.45, 7) is 0.862. The Morgan fingerprint density at radius 2 is 1.95 bits per heavy atom. The van der Waals surface area contributed by atoms with Crippen LogP contribution in [-0.4, -0.2) is 4.70 Å². The van der Waals surface area contributed by atoms with Crippen molar-refractivity contribution < 1.29 is 9.87 Å². The number of hydrogen-bond acceptors (Lipinski definition) is 3. The zero-order valence-corrected chi connectivity index (χ0v) is 13.3. The van der Waals surface area contributed by atoms with Crippen LogP contribution in [0.4, 0.5) is 0 Å². The molecule has 22 heavy (non-hydrogen) atoms. The van der Waals surface area contributed by atoms with Crippen LogP contribution in [0.25, 0.3) is 5.70 Å². The highest BCUT2D eigenvalue weighted by Crippen LogP contribution is 2.38. The average Bonchev–Trinajstić information content (AvgIpc) is 2.95. The van der Waals surface area contributed by atoms with Crippen LogP contribution in [0.1, 0.15) is 16.7 Å². The van der Waals surface area contributed by atoms with E-state index in [1.165, 1.54) is 0 Å². The molecule has 2 aromatic rings. The van der Waals surface area contributed by atoms with Gasteiger partial charge in [0.1, 0.15) is 6.20 Å². The summed E-state index contributed by atoms with van der Waals surface area (Å²) in [5.41, 5.74) is 4.00. The Morgan fingerprint density at radius 3 is 2.77 bits per heavy atom. The standard InChI is InChI=1S/C16H14BrN4O/c17-15-8-4-7-13-14(15)10-20(22)21(16(13)9-18-19-21)11-12-5-2-1-3-6-12/h1-9,20H,10-11H2/q+1. The highest BCUT2D eigenvalue weighted by Gasteiger charge is 2.50. The van der Waals surface area contributed by atoms with Gasteiger partial charge in [-0.15, -0.1) is 0 Å². The molecule has 2 heterocycles. The Labute approximate surface area is 136 Å². The van der Waals surface area contributed by atoms with Gasteiger partial charge in [0, 0.05) is 20.3 Å². The summed E-state index contributed by atoms with van der Waals surface area (Å²) in [7, 11) is 0. The lowest BCUT2D eigenvalue weighted by Gasteiger charge is -2.40. The molecule has 0 bridgehead atoms. The number of rotatable bonds is 2. The number of nitrogens with one attached hydrogen (secondary N) is 1. The van der Waals surface area contributed by atoms with Crippen LogP contribution in [-0.2, 0) is 13.1 Å². The van der Waals surface area contributed by atoms with Crippen molar-refractivity contribution >= 4 is 21.6 Å². The van der Waals surface area contributed by atoms with E-state index in [4.69, 9.17) is 0 Å². The fraction of sp³-hybridized carbons (Fsp3) is 0.125. The van der Waals surface area contributed by atoms with E-state index >= 15 is 0 Å². The number of quaternary nitrogens is 2. The third kappa shape index (κ3) is 1.96. The van der Waals surface area contributed by atoms with Gasteiger partial charge in [-0.25, -0.2) is 0 Å². The molecule has 0 radical (unpaired) electrons. The molecule has 0 fully saturated rings. The van der Waals surface area contributed by atoms with Crippen LogP contribution < -0.4 is 5.17 Å². The smallest absolute Gasteiger partial charge is 0.239 e. The third-order valence-corrected chi connectivity index (χ3v) is 4.92. The lowest BCUT2D eigenvalue weighted by atomic mass is 10.0. The third-order valence-electron chi connectivity index (χ3n) is 4.17. The van der Waals surface area contributed by atoms with E-state index in [-0.39, 0.29) is 9.87 Å². The normalized spacial score (nSPS) is 25.5. The topological polar surface area (TPSA) is 52.2 Å². The summed E-state index contributed by atoms with van der Waals surface area (Å²) >= 11 is 3.54. The fourth-order valence-corrected chi connectivity index (χ4v) is 3.58. The van der Waals surface area contributed by atoms with Gasteiger partial charge in [-0.3, -0.25) is 0 Å². The Morgan fingerprint density at radius 1 is 1.14 bits per heavy atom. The lowest BCUT2D eigenvalue weighted by molar-refractivity contribution is -1.46. The molecule has 2 aliphatic heterocycles. The molecule has 2 aromatic carbocycles. The van der Waals surface area contributed by atoms with E-state index in [0.29, 0.717) is 13.1 Å². The molecule has 0 aromatic heterocycles. The number of hydrogen-bond donors (Lipinski definition) is 1. The largest absolute Gasteiger partial charge is 0.581 e. The molecule has 6 heteroatoms. The van der Waals surface area contributed by atoms with Crippen molar-refractivity contribution in [2.75, 3.05) is 0 Å². The molecule has 4 rings (SSSR count). The molecule has 2 atom stereocenters. The molecule has 1 N–H and O–H groups in total. The van der Waals surface area contributed by atoms with Gasteiger partial charge in [0.15, 0.2) is 13.1 Å². The first-order chi connectivity index (χ1) is 10.7. The molecular weight excluding hydrogens is 344 g/mol. The van der Waals surface area contributed by atoms with Gasteiger partial charge in [-0.05, 0) is 12.1 Å². The molecule has 0 amide bonds. The minimum atomic E-state index is -0.0620. The molecule has 5 nitrogen and oxygen atoms in total. The van der Waals surface area contributed by atoms with Crippen molar-refractivity contribution in [1.82, 2.24) is 0 Å². The van der Waals surface area contributed by atoms with Crippen molar-refractivity contribution in [1.29, 1.82) is 0 Å². The van der Waals surface area contributed by atoms with E-state index < -0.39 is 0 Å². The van der Waals surface area contributed by atoms with E-state index in [1.54, 1.807) is 6.20 Å². The monoisotopic (exact) mass is 357 g/mol. The van der Waals surface area contributed by atoms with Crippen molar-refractivity contribution in [3.8, 4) is 0 Å². The maximum absolute atomic E-state index is 12.9. The summed E-state index contributed by atoms with van der Waals surface area (Å²) in [6, 6.07) is 15.9. The molecule has 0 spiro atoms. The summed E-state index contributed by atoms with van der Waals surface area (Å²) in [4.78, 5) is 0. The van der Waals surface area contributed by atoms with Crippen LogP contribution in [0.5, 0.6) is 0 Å². The zero-order valence-electron chi connectivity index (χ0n) is 11.7. The Hall–Kier alpha value is -1.86. The van der Waals surface area contributed by atoms with E-state index in [9.17, 15) is 5.21 Å². The second-order valence-corrected chi connectivity index (χ2v) is 6.32. The number of halogens is 1. The predicted molar refractivity (Wildman–Crippen MR) is 85.4 cm³/mol. The molecule has 0 aliphatic carbocycles. The van der Waals surface area contributed by atoms with E-state index in [0.717, 1.165) is 26.9 Å². The SMILES string of the molecule is [O-][NH+]1Cc2c(Br)cccc2C2=CN=N[N+]21Cc1ccccc1. The average molecular weight is 358 g/mol. The van der Waals surface area contributed by atoms with Gasteiger partial charge in [-0.2, -0.15) is 5.17 Å². The van der Waals surface area contributed by atoms with Crippen LogP contribution >= 0.6 is 15.9 Å². The first kappa shape index (κ1) is 13.8. The van der Waals surface area contributed by atoms with Crippen molar-refractivity contribution in [2.45, 2.75) is 13.1 Å². The molecule has 0 saturated carbocycles. The van der Waals surface area contributed by atoms with Crippen LogP contribution in [0.3, 0.4) is 0 Å². The Kier molecular flexibility index (Phi) is 3.19. The molecular formula is C16H14BrN4O+. The van der Waals surface area contributed by atoms with Crippen LogP contribution in [0.15, 0.2) is 69.5 Å². The second-order valence-electron chi connectivity index (χ2n) is 5.47. The highest BCUT2D eigenvalue weighted by molar-refractivity contribution is 9.10. The molecule has 110 valence electrons. The van der Waals surface area contributed by atoms with Crippen molar-refractivity contribution in [2.24, 2.45) is 10.3 Å². The lowest BCUT2D eigenvalue weighted by Crippen LogP contribution is -3.18. The quantitative estimate of drug-likeness (QED) is 0.651. The van der Waals surface area contributed by atoms with Gasteiger partial charge < -0.3 is 5.21 Å². The van der Waals surface area contributed by atoms with Crippen molar-refractivity contribution in [3.63, 3.8) is 0 Å². The number of benzene rings is 2. The van der Waals surface area contributed by atoms with Gasteiger partial charge >= 0.3 is 0 Å². The molecule has 0 saturated heterocycles. The number of fused-ring (bicyclic) bond motifs is 3. The fourth-order valence-electron chi connectivity index (χ4n) is 3.08. The van der Waals surface area contributed by atoms with Crippen molar-refractivity contribution in [3.05, 3.63) is 81.1 Å². The van der Waals surface area contributed by atoms with Gasteiger partial charge in [0.05, 0.1) is 10.8 Å². The number of hydroxylamine groups is 1. The Balaban J connectivity index is 1.83. The van der Waals surface area contributed by atoms with Gasteiger partial charge in [-0.1, -0.05) is 57.4 Å². The summed E-state index contributed by atoms with van der Waals surface area (Å²) in [6.07, 6.45) is 1.71. The predicted octanol–water partition coefficient (Wildman–Crippen LogP) is 2.96. The van der Waals surface area contributed by atoms with Gasteiger partial charge in [0.25, 0.3) is 0 Å². The first-order valence-electron chi connectivity index (χ1n) is 7.07. The second kappa shape index (κ2) is 5.10. The molecule has 2 aliphatic rings. The minimum absolute atomic E-state index is 0.0516. The zero-order chi connectivity index (χ0) is 15.2. The van der Waals surface area contributed by atoms with E-state index in [2.05, 4.69) is 26.3 Å². The maximum atomic E-state index is 12.9. The van der Waals surface area contributed by atoms with Crippen LogP contribution in [0.2, 0.25) is 0 Å². The summed E-state index contributed by atoms with van der Waals surface area (Å²) in [5, 5.41) is 21.3. The minimum Gasteiger partial charge on any atom is -0.581 e. The van der Waals surface area contributed by atoms with Crippen LogP contribution in [0, 0.1) is 5.21 Å². The summed E-state index contributed by atoms with van der Waals surface area (Å²) in [5.74, 6) is 0. The van der Waals surface area contributed by atoms with E-state index in [1.807, 2.05) is 48.5 Å². The molecule has 2 unspecified atom stereocenters. The summed E-state index contributed by atoms with van der Waals surface area (Å²) < 4.78 is 0.900. The Bertz CT molecular complexity index is 790. The first-order valence-corrected chi connectivity index (χ1v) is 7.86. The highest BCUT2D eigenvalue weighted by atomic mass is 79.9. The van der Waals surface area contributed by atoms with Gasteiger partial charge in [0.2, 0.25) is 5.70 Å². The number of nitrogens with zero attached hydrogens (tertiary/aromatic N) is 3.